The minimum absolute atomic E-state index is 0.133. The number of ether oxygens (including phenoxy) is 1. The fourth-order valence-electron chi connectivity index (χ4n) is 2.20. The van der Waals surface area contributed by atoms with Crippen molar-refractivity contribution in [1.29, 1.82) is 0 Å². The normalized spacial score (nSPS) is 15.0. The Morgan fingerprint density at radius 1 is 1.33 bits per heavy atom. The molecule has 0 radical (unpaired) electrons. The first-order chi connectivity index (χ1) is 10.0. The number of aromatic nitrogens is 2. The lowest BCUT2D eigenvalue weighted by atomic mass is 10.3. The first kappa shape index (κ1) is 14.2. The standard InChI is InChI=1S/C13H12ClN3O3S/c1-20-13-3-2-10(4-11(13)14)21(18,19)17-6-9-5-15-8-16-12(9)7-17/h2-5,8H,6-7H2,1H3. The van der Waals surface area contributed by atoms with Gasteiger partial charge in [0.15, 0.2) is 0 Å². The Morgan fingerprint density at radius 3 is 2.81 bits per heavy atom. The molecule has 0 N–H and O–H groups in total. The Labute approximate surface area is 127 Å². The van der Waals surface area contributed by atoms with E-state index in [9.17, 15) is 8.42 Å². The number of benzene rings is 1. The van der Waals surface area contributed by atoms with Crippen molar-refractivity contribution < 1.29 is 13.2 Å². The summed E-state index contributed by atoms with van der Waals surface area (Å²) in [4.78, 5) is 8.14. The summed E-state index contributed by atoms with van der Waals surface area (Å²) < 4.78 is 31.6. The van der Waals surface area contributed by atoms with Gasteiger partial charge in [0.25, 0.3) is 0 Å². The zero-order valence-electron chi connectivity index (χ0n) is 11.2. The van der Waals surface area contributed by atoms with E-state index in [1.807, 2.05) is 0 Å². The summed E-state index contributed by atoms with van der Waals surface area (Å²) in [5.74, 6) is 0.436. The van der Waals surface area contributed by atoms with Crippen LogP contribution in [-0.4, -0.2) is 29.8 Å². The molecule has 1 aromatic carbocycles. The van der Waals surface area contributed by atoms with Gasteiger partial charge in [-0.05, 0) is 18.2 Å². The number of hydrogen-bond acceptors (Lipinski definition) is 5. The highest BCUT2D eigenvalue weighted by atomic mass is 35.5. The molecule has 0 amide bonds. The van der Waals surface area contributed by atoms with Crippen molar-refractivity contribution in [1.82, 2.24) is 14.3 Å². The van der Waals surface area contributed by atoms with Crippen molar-refractivity contribution in [3.8, 4) is 5.75 Å². The maximum atomic E-state index is 12.6. The highest BCUT2D eigenvalue weighted by Gasteiger charge is 2.31. The molecule has 0 aliphatic carbocycles. The molecule has 0 unspecified atom stereocenters. The van der Waals surface area contributed by atoms with Crippen LogP contribution in [0, 0.1) is 0 Å². The van der Waals surface area contributed by atoms with Crippen molar-refractivity contribution in [3.05, 3.63) is 47.0 Å². The Kier molecular flexibility index (Phi) is 3.56. The van der Waals surface area contributed by atoms with Crippen LogP contribution in [0.3, 0.4) is 0 Å². The Morgan fingerprint density at radius 2 is 2.14 bits per heavy atom. The fourth-order valence-corrected chi connectivity index (χ4v) is 3.93. The predicted molar refractivity (Wildman–Crippen MR) is 76.5 cm³/mol. The number of sulfonamides is 1. The molecule has 2 aromatic rings. The van der Waals surface area contributed by atoms with Gasteiger partial charge in [-0.3, -0.25) is 0 Å². The maximum Gasteiger partial charge on any atom is 0.243 e. The van der Waals surface area contributed by atoms with E-state index in [4.69, 9.17) is 16.3 Å². The molecule has 110 valence electrons. The van der Waals surface area contributed by atoms with Gasteiger partial charge in [0, 0.05) is 18.3 Å². The monoisotopic (exact) mass is 325 g/mol. The smallest absolute Gasteiger partial charge is 0.243 e. The van der Waals surface area contributed by atoms with Crippen LogP contribution in [0.15, 0.2) is 35.6 Å². The second-order valence-electron chi connectivity index (χ2n) is 4.56. The summed E-state index contributed by atoms with van der Waals surface area (Å²) in [6.45, 7) is 0.506. The van der Waals surface area contributed by atoms with Crippen LogP contribution in [0.25, 0.3) is 0 Å². The largest absolute Gasteiger partial charge is 0.495 e. The minimum atomic E-state index is -3.63. The molecule has 0 atom stereocenters. The molecule has 21 heavy (non-hydrogen) atoms. The number of nitrogens with zero attached hydrogens (tertiary/aromatic N) is 3. The van der Waals surface area contributed by atoms with Gasteiger partial charge in [0.2, 0.25) is 10.0 Å². The van der Waals surface area contributed by atoms with Crippen LogP contribution in [0.5, 0.6) is 5.75 Å². The van der Waals surface area contributed by atoms with Gasteiger partial charge in [-0.2, -0.15) is 4.31 Å². The number of fused-ring (bicyclic) bond motifs is 1. The summed E-state index contributed by atoms with van der Waals surface area (Å²) in [6.07, 6.45) is 3.05. The van der Waals surface area contributed by atoms with Gasteiger partial charge in [-0.1, -0.05) is 11.6 Å². The third-order valence-electron chi connectivity index (χ3n) is 3.32. The minimum Gasteiger partial charge on any atom is -0.495 e. The molecule has 0 spiro atoms. The zero-order valence-corrected chi connectivity index (χ0v) is 12.7. The van der Waals surface area contributed by atoms with Crippen molar-refractivity contribution in [2.75, 3.05) is 7.11 Å². The van der Waals surface area contributed by atoms with Crippen molar-refractivity contribution in [2.24, 2.45) is 0 Å². The first-order valence-electron chi connectivity index (χ1n) is 6.14. The predicted octanol–water partition coefficient (Wildman–Crippen LogP) is 1.84. The molecule has 8 heteroatoms. The van der Waals surface area contributed by atoms with E-state index in [-0.39, 0.29) is 23.0 Å². The van der Waals surface area contributed by atoms with Gasteiger partial charge in [0.05, 0.1) is 29.3 Å². The lowest BCUT2D eigenvalue weighted by Gasteiger charge is -2.16. The van der Waals surface area contributed by atoms with E-state index in [2.05, 4.69) is 9.97 Å². The second-order valence-corrected chi connectivity index (χ2v) is 6.91. The maximum absolute atomic E-state index is 12.6. The van der Waals surface area contributed by atoms with Crippen LogP contribution >= 0.6 is 11.6 Å². The summed E-state index contributed by atoms with van der Waals surface area (Å²) in [5, 5.41) is 0.259. The lowest BCUT2D eigenvalue weighted by Crippen LogP contribution is -2.25. The average Bonchev–Trinajstić information content (AvgIpc) is 2.92. The molecular formula is C13H12ClN3O3S. The van der Waals surface area contributed by atoms with Crippen LogP contribution in [0.2, 0.25) is 5.02 Å². The average molecular weight is 326 g/mol. The van der Waals surface area contributed by atoms with Crippen LogP contribution in [0.1, 0.15) is 11.3 Å². The summed E-state index contributed by atoms with van der Waals surface area (Å²) in [6, 6.07) is 4.41. The Hall–Kier alpha value is -1.70. The van der Waals surface area contributed by atoms with E-state index in [0.29, 0.717) is 5.75 Å². The molecule has 3 rings (SSSR count). The Bertz CT molecular complexity index is 770. The van der Waals surface area contributed by atoms with Crippen molar-refractivity contribution in [2.45, 2.75) is 18.0 Å². The molecule has 2 heterocycles. The number of halogens is 1. The molecule has 0 bridgehead atoms. The second kappa shape index (κ2) is 5.25. The summed E-state index contributed by atoms with van der Waals surface area (Å²) >= 11 is 6.00. The number of rotatable bonds is 3. The van der Waals surface area contributed by atoms with E-state index in [1.165, 1.54) is 35.9 Å². The van der Waals surface area contributed by atoms with Gasteiger partial charge in [0.1, 0.15) is 12.1 Å². The van der Waals surface area contributed by atoms with Gasteiger partial charge in [-0.15, -0.1) is 0 Å². The van der Waals surface area contributed by atoms with Crippen LogP contribution < -0.4 is 4.74 Å². The Balaban J connectivity index is 1.94. The first-order valence-corrected chi connectivity index (χ1v) is 7.95. The summed E-state index contributed by atoms with van der Waals surface area (Å²) in [5.41, 5.74) is 1.55. The molecule has 0 saturated carbocycles. The molecule has 6 nitrogen and oxygen atoms in total. The van der Waals surface area contributed by atoms with Gasteiger partial charge < -0.3 is 4.74 Å². The number of hydrogen-bond donors (Lipinski definition) is 0. The molecule has 0 fully saturated rings. The van der Waals surface area contributed by atoms with E-state index in [0.717, 1.165) is 11.3 Å². The zero-order chi connectivity index (χ0) is 15.0. The van der Waals surface area contributed by atoms with Crippen LogP contribution in [0.4, 0.5) is 0 Å². The van der Waals surface area contributed by atoms with Gasteiger partial charge in [-0.25, -0.2) is 18.4 Å². The molecular weight excluding hydrogens is 314 g/mol. The van der Waals surface area contributed by atoms with Crippen molar-refractivity contribution in [3.63, 3.8) is 0 Å². The van der Waals surface area contributed by atoms with Crippen molar-refractivity contribution >= 4 is 21.6 Å². The highest BCUT2D eigenvalue weighted by Crippen LogP contribution is 2.31. The fraction of sp³-hybridized carbons (Fsp3) is 0.231. The van der Waals surface area contributed by atoms with E-state index in [1.54, 1.807) is 6.20 Å². The topological polar surface area (TPSA) is 72.4 Å². The molecule has 0 saturated heterocycles. The van der Waals surface area contributed by atoms with Gasteiger partial charge >= 0.3 is 0 Å². The van der Waals surface area contributed by atoms with Crippen LogP contribution in [-0.2, 0) is 23.1 Å². The summed E-state index contributed by atoms with van der Waals surface area (Å²) in [7, 11) is -2.15. The quantitative estimate of drug-likeness (QED) is 0.861. The highest BCUT2D eigenvalue weighted by molar-refractivity contribution is 7.89. The third-order valence-corrected chi connectivity index (χ3v) is 5.40. The molecule has 1 aliphatic rings. The third kappa shape index (κ3) is 2.48. The van der Waals surface area contributed by atoms with E-state index < -0.39 is 10.0 Å². The molecule has 1 aromatic heterocycles. The molecule has 1 aliphatic heterocycles. The number of methoxy groups -OCH3 is 1. The van der Waals surface area contributed by atoms with E-state index >= 15 is 0 Å². The lowest BCUT2D eigenvalue weighted by molar-refractivity contribution is 0.414. The SMILES string of the molecule is COc1ccc(S(=O)(=O)N2Cc3cncnc3C2)cc1Cl.